The number of hydrogen-bond donors (Lipinski definition) is 0. The molecule has 2 aromatic carbocycles. The zero-order valence-corrected chi connectivity index (χ0v) is 15.5. The van der Waals surface area contributed by atoms with E-state index in [0.29, 0.717) is 22.8 Å². The maximum absolute atomic E-state index is 11.6. The third-order valence-corrected chi connectivity index (χ3v) is 5.45. The Kier molecular flexibility index (Phi) is 3.86. The summed E-state index contributed by atoms with van der Waals surface area (Å²) in [5.74, 6) is 0.993. The highest BCUT2D eigenvalue weighted by Gasteiger charge is 2.16. The molecule has 2 heterocycles. The van der Waals surface area contributed by atoms with Gasteiger partial charge in [0, 0.05) is 12.3 Å². The van der Waals surface area contributed by atoms with Crippen molar-refractivity contribution in [1.29, 1.82) is 5.26 Å². The molecule has 0 aliphatic heterocycles. The fraction of sp³-hybridized carbons (Fsp3) is 0.100. The van der Waals surface area contributed by atoms with E-state index in [1.165, 1.54) is 12.1 Å². The Bertz CT molecular complexity index is 1330. The van der Waals surface area contributed by atoms with Crippen LogP contribution in [-0.4, -0.2) is 24.1 Å². The molecule has 0 spiro atoms. The molecular weight excluding hydrogens is 362 g/mol. The van der Waals surface area contributed by atoms with E-state index < -0.39 is 9.84 Å². The van der Waals surface area contributed by atoms with Gasteiger partial charge in [0.15, 0.2) is 15.5 Å². The molecule has 134 valence electrons. The number of pyridine rings is 1. The third-order valence-electron chi connectivity index (χ3n) is 4.33. The highest BCUT2D eigenvalue weighted by atomic mass is 32.2. The number of imidazole rings is 1. The summed E-state index contributed by atoms with van der Waals surface area (Å²) >= 11 is 0. The third kappa shape index (κ3) is 2.90. The van der Waals surface area contributed by atoms with Crippen LogP contribution in [0.25, 0.3) is 16.7 Å². The lowest BCUT2D eigenvalue weighted by Gasteiger charge is -2.11. The van der Waals surface area contributed by atoms with Crippen molar-refractivity contribution in [2.24, 2.45) is 0 Å². The molecule has 4 rings (SSSR count). The predicted octanol–water partition coefficient (Wildman–Crippen LogP) is 3.86. The molecule has 6 nitrogen and oxygen atoms in total. The van der Waals surface area contributed by atoms with Crippen LogP contribution in [0.1, 0.15) is 11.1 Å². The molecule has 0 unspecified atom stereocenters. The van der Waals surface area contributed by atoms with Gasteiger partial charge in [-0.3, -0.25) is 4.40 Å². The smallest absolute Gasteiger partial charge is 0.206 e. The lowest BCUT2D eigenvalue weighted by molar-refractivity contribution is 0.457. The van der Waals surface area contributed by atoms with Gasteiger partial charge in [0.2, 0.25) is 5.88 Å². The normalized spacial score (nSPS) is 11.6. The number of rotatable bonds is 3. The molecule has 0 N–H and O–H groups in total. The molecule has 0 aliphatic carbocycles. The standard InChI is InChI=1S/C20H15N3O3S/c1-13-11-19(26-14-7-9-15(10-8-14)27(2,24)25)23-18-6-4-3-5-17(18)22-20(23)16(13)12-21/h3-11H,1-2H3. The van der Waals surface area contributed by atoms with Crippen molar-refractivity contribution < 1.29 is 13.2 Å². The van der Waals surface area contributed by atoms with Gasteiger partial charge < -0.3 is 4.74 Å². The van der Waals surface area contributed by atoms with E-state index in [9.17, 15) is 13.7 Å². The molecule has 27 heavy (non-hydrogen) atoms. The molecule has 0 bridgehead atoms. The fourth-order valence-corrected chi connectivity index (χ4v) is 3.63. The molecule has 0 aliphatic rings. The first-order valence-corrected chi connectivity index (χ1v) is 10.1. The second-order valence-corrected chi connectivity index (χ2v) is 8.27. The number of nitrogens with zero attached hydrogens (tertiary/aromatic N) is 3. The Morgan fingerprint density at radius 2 is 1.81 bits per heavy atom. The first kappa shape index (κ1) is 17.1. The second kappa shape index (κ2) is 6.11. The van der Waals surface area contributed by atoms with Gasteiger partial charge >= 0.3 is 0 Å². The van der Waals surface area contributed by atoms with Crippen LogP contribution >= 0.6 is 0 Å². The summed E-state index contributed by atoms with van der Waals surface area (Å²) in [5.41, 5.74) is 3.36. The van der Waals surface area contributed by atoms with E-state index in [1.807, 2.05) is 31.2 Å². The van der Waals surface area contributed by atoms with Gasteiger partial charge in [-0.25, -0.2) is 13.4 Å². The molecule has 0 amide bonds. The molecule has 0 atom stereocenters. The van der Waals surface area contributed by atoms with Crippen LogP contribution < -0.4 is 4.74 Å². The lowest BCUT2D eigenvalue weighted by Crippen LogP contribution is -1.99. The van der Waals surface area contributed by atoms with Crippen molar-refractivity contribution in [3.8, 4) is 17.7 Å². The van der Waals surface area contributed by atoms with Crippen LogP contribution in [0, 0.1) is 18.3 Å². The number of fused-ring (bicyclic) bond motifs is 3. The minimum Gasteiger partial charge on any atom is -0.440 e. The first-order chi connectivity index (χ1) is 12.9. The number of nitriles is 1. The topological polar surface area (TPSA) is 84.5 Å². The number of hydrogen-bond acceptors (Lipinski definition) is 5. The van der Waals surface area contributed by atoms with E-state index >= 15 is 0 Å². The minimum absolute atomic E-state index is 0.226. The molecule has 2 aromatic heterocycles. The highest BCUT2D eigenvalue weighted by molar-refractivity contribution is 7.90. The maximum Gasteiger partial charge on any atom is 0.206 e. The fourth-order valence-electron chi connectivity index (χ4n) is 3.00. The van der Waals surface area contributed by atoms with Gasteiger partial charge in [0.25, 0.3) is 0 Å². The number of aromatic nitrogens is 2. The average molecular weight is 377 g/mol. The SMILES string of the molecule is Cc1cc(Oc2ccc(S(C)(=O)=O)cc2)n2c(nc3ccccc32)c1C#N. The Morgan fingerprint density at radius 3 is 2.48 bits per heavy atom. The predicted molar refractivity (Wildman–Crippen MR) is 102 cm³/mol. The second-order valence-electron chi connectivity index (χ2n) is 6.26. The number of benzene rings is 2. The summed E-state index contributed by atoms with van der Waals surface area (Å²) in [5, 5.41) is 9.53. The Labute approximate surface area is 156 Å². The molecule has 0 saturated heterocycles. The molecule has 7 heteroatoms. The molecular formula is C20H15N3O3S. The van der Waals surface area contributed by atoms with Crippen LogP contribution in [0.2, 0.25) is 0 Å². The van der Waals surface area contributed by atoms with Gasteiger partial charge in [0.05, 0.1) is 21.5 Å². The Balaban J connectivity index is 1.90. The highest BCUT2D eigenvalue weighted by Crippen LogP contribution is 2.31. The van der Waals surface area contributed by atoms with Gasteiger partial charge in [0.1, 0.15) is 11.8 Å². The molecule has 0 radical (unpaired) electrons. The number of aryl methyl sites for hydroxylation is 1. The van der Waals surface area contributed by atoms with E-state index in [0.717, 1.165) is 22.9 Å². The monoisotopic (exact) mass is 377 g/mol. The maximum atomic E-state index is 11.6. The average Bonchev–Trinajstić information content (AvgIpc) is 3.01. The summed E-state index contributed by atoms with van der Waals surface area (Å²) in [4.78, 5) is 4.80. The Morgan fingerprint density at radius 1 is 1.11 bits per heavy atom. The van der Waals surface area contributed by atoms with Crippen LogP contribution in [-0.2, 0) is 9.84 Å². The summed E-state index contributed by atoms with van der Waals surface area (Å²) in [7, 11) is -3.27. The van der Waals surface area contributed by atoms with E-state index in [4.69, 9.17) is 4.74 Å². The zero-order valence-electron chi connectivity index (χ0n) is 14.7. The van der Waals surface area contributed by atoms with Crippen molar-refractivity contribution >= 4 is 26.5 Å². The van der Waals surface area contributed by atoms with Crippen LogP contribution in [0.5, 0.6) is 11.6 Å². The summed E-state index contributed by atoms with van der Waals surface area (Å²) in [6.07, 6.45) is 1.16. The van der Waals surface area contributed by atoms with Gasteiger partial charge in [-0.2, -0.15) is 5.26 Å². The summed E-state index contributed by atoms with van der Waals surface area (Å²) in [6, 6.07) is 17.8. The van der Waals surface area contributed by atoms with E-state index in [2.05, 4.69) is 11.1 Å². The summed E-state index contributed by atoms with van der Waals surface area (Å²) in [6.45, 7) is 1.83. The minimum atomic E-state index is -3.27. The number of sulfone groups is 1. The first-order valence-electron chi connectivity index (χ1n) is 8.17. The molecule has 0 saturated carbocycles. The van der Waals surface area contributed by atoms with Crippen LogP contribution in [0.15, 0.2) is 59.5 Å². The van der Waals surface area contributed by atoms with Crippen molar-refractivity contribution in [3.05, 3.63) is 65.7 Å². The van der Waals surface area contributed by atoms with Crippen LogP contribution in [0.4, 0.5) is 0 Å². The van der Waals surface area contributed by atoms with Crippen molar-refractivity contribution in [2.45, 2.75) is 11.8 Å². The van der Waals surface area contributed by atoms with Crippen molar-refractivity contribution in [2.75, 3.05) is 6.26 Å². The largest absolute Gasteiger partial charge is 0.440 e. The van der Waals surface area contributed by atoms with Gasteiger partial charge in [-0.1, -0.05) is 12.1 Å². The van der Waals surface area contributed by atoms with Gasteiger partial charge in [-0.05, 0) is 48.9 Å². The van der Waals surface area contributed by atoms with Crippen LogP contribution in [0.3, 0.4) is 0 Å². The number of ether oxygens (including phenoxy) is 1. The Hall–Kier alpha value is -3.37. The quantitative estimate of drug-likeness (QED) is 0.541. The summed E-state index contributed by atoms with van der Waals surface area (Å²) < 4.78 is 31.1. The zero-order chi connectivity index (χ0) is 19.2. The molecule has 0 fully saturated rings. The van der Waals surface area contributed by atoms with Crippen molar-refractivity contribution in [1.82, 2.24) is 9.38 Å². The number of para-hydroxylation sites is 2. The van der Waals surface area contributed by atoms with Gasteiger partial charge in [-0.15, -0.1) is 0 Å². The van der Waals surface area contributed by atoms with E-state index in [1.54, 1.807) is 22.6 Å². The lowest BCUT2D eigenvalue weighted by atomic mass is 10.1. The molecule has 4 aromatic rings. The van der Waals surface area contributed by atoms with Crippen molar-refractivity contribution in [3.63, 3.8) is 0 Å². The van der Waals surface area contributed by atoms with E-state index in [-0.39, 0.29) is 4.90 Å².